The summed E-state index contributed by atoms with van der Waals surface area (Å²) in [5, 5.41) is 2.69. The molecule has 0 radical (unpaired) electrons. The van der Waals surface area contributed by atoms with Gasteiger partial charge in [0.1, 0.15) is 0 Å². The molecular formula is C15H20F3N5. The summed E-state index contributed by atoms with van der Waals surface area (Å²) >= 11 is 0. The van der Waals surface area contributed by atoms with Crippen LogP contribution in [0.25, 0.3) is 0 Å². The summed E-state index contributed by atoms with van der Waals surface area (Å²) in [6.45, 7) is 0. The second-order valence-electron chi connectivity index (χ2n) is 5.48. The first-order valence-corrected chi connectivity index (χ1v) is 7.46. The highest BCUT2D eigenvalue weighted by atomic mass is 19.4. The molecule has 0 atom stereocenters. The Bertz CT molecular complexity index is 572. The molecule has 23 heavy (non-hydrogen) atoms. The van der Waals surface area contributed by atoms with E-state index in [-0.39, 0.29) is 18.0 Å². The van der Waals surface area contributed by atoms with Crippen molar-refractivity contribution < 1.29 is 13.2 Å². The van der Waals surface area contributed by atoms with E-state index in [2.05, 4.69) is 15.3 Å². The first kappa shape index (κ1) is 17.1. The molecule has 2 rings (SSSR count). The van der Waals surface area contributed by atoms with E-state index in [1.54, 1.807) is 0 Å². The van der Waals surface area contributed by atoms with Crippen LogP contribution in [0.15, 0.2) is 34.3 Å². The van der Waals surface area contributed by atoms with Crippen LogP contribution in [0, 0.1) is 0 Å². The third kappa shape index (κ3) is 5.46. The molecule has 1 fully saturated rings. The lowest BCUT2D eigenvalue weighted by Gasteiger charge is -2.17. The number of nitrogens with zero attached hydrogens (tertiary/aromatic N) is 2. The first-order valence-electron chi connectivity index (χ1n) is 7.46. The number of benzene rings is 1. The minimum absolute atomic E-state index is 0.0122. The molecule has 0 bridgehead atoms. The molecule has 0 saturated heterocycles. The van der Waals surface area contributed by atoms with Crippen molar-refractivity contribution in [3.63, 3.8) is 0 Å². The lowest BCUT2D eigenvalue weighted by molar-refractivity contribution is -0.137. The fraction of sp³-hybridized carbons (Fsp3) is 0.467. The van der Waals surface area contributed by atoms with E-state index >= 15 is 0 Å². The Labute approximate surface area is 132 Å². The van der Waals surface area contributed by atoms with Crippen LogP contribution < -0.4 is 16.8 Å². The quantitative estimate of drug-likeness (QED) is 0.576. The number of nitrogens with one attached hydrogen (secondary N) is 1. The van der Waals surface area contributed by atoms with Crippen molar-refractivity contribution in [3.05, 3.63) is 29.8 Å². The van der Waals surface area contributed by atoms with Gasteiger partial charge in [0.15, 0.2) is 0 Å². The minimum Gasteiger partial charge on any atom is -0.369 e. The number of hydrogen-bond donors (Lipinski definition) is 3. The van der Waals surface area contributed by atoms with Crippen molar-refractivity contribution in [2.45, 2.75) is 44.3 Å². The average molecular weight is 327 g/mol. The highest BCUT2D eigenvalue weighted by Gasteiger charge is 2.29. The van der Waals surface area contributed by atoms with Gasteiger partial charge in [-0.3, -0.25) is 0 Å². The molecule has 0 spiro atoms. The Morgan fingerprint density at radius 3 is 2.22 bits per heavy atom. The smallest absolute Gasteiger partial charge is 0.369 e. The number of guanidine groups is 2. The maximum Gasteiger partial charge on any atom is 0.416 e. The zero-order valence-corrected chi connectivity index (χ0v) is 12.6. The molecule has 0 amide bonds. The Hall–Kier alpha value is -2.25. The Morgan fingerprint density at radius 1 is 1.04 bits per heavy atom. The van der Waals surface area contributed by atoms with Gasteiger partial charge in [0.05, 0.1) is 11.6 Å². The largest absolute Gasteiger partial charge is 0.416 e. The Morgan fingerprint density at radius 2 is 1.65 bits per heavy atom. The maximum atomic E-state index is 12.5. The average Bonchev–Trinajstić information content (AvgIpc) is 2.47. The summed E-state index contributed by atoms with van der Waals surface area (Å²) in [5.41, 5.74) is 11.1. The van der Waals surface area contributed by atoms with Crippen LogP contribution in [-0.4, -0.2) is 18.0 Å². The van der Waals surface area contributed by atoms with Crippen molar-refractivity contribution in [1.29, 1.82) is 0 Å². The fourth-order valence-corrected chi connectivity index (χ4v) is 2.47. The van der Waals surface area contributed by atoms with Crippen molar-refractivity contribution in [1.82, 2.24) is 0 Å². The summed E-state index contributed by atoms with van der Waals surface area (Å²) in [4.78, 5) is 8.23. The molecule has 1 aromatic carbocycles. The van der Waals surface area contributed by atoms with E-state index in [0.717, 1.165) is 37.8 Å². The summed E-state index contributed by atoms with van der Waals surface area (Å²) in [7, 11) is 0. The molecule has 0 unspecified atom stereocenters. The van der Waals surface area contributed by atoms with Gasteiger partial charge in [-0.15, -0.1) is 0 Å². The van der Waals surface area contributed by atoms with Gasteiger partial charge in [0.2, 0.25) is 11.9 Å². The molecule has 5 N–H and O–H groups in total. The highest BCUT2D eigenvalue weighted by molar-refractivity contribution is 6.00. The predicted molar refractivity (Wildman–Crippen MR) is 85.2 cm³/mol. The number of hydrogen-bond acceptors (Lipinski definition) is 1. The van der Waals surface area contributed by atoms with Gasteiger partial charge in [0.25, 0.3) is 0 Å². The molecule has 0 aromatic heterocycles. The van der Waals surface area contributed by atoms with Gasteiger partial charge in [-0.25, -0.2) is 4.99 Å². The summed E-state index contributed by atoms with van der Waals surface area (Å²) in [5.74, 6) is 0.0654. The molecule has 126 valence electrons. The van der Waals surface area contributed by atoms with E-state index in [1.807, 2.05) is 0 Å². The normalized spacial score (nSPS) is 18.0. The van der Waals surface area contributed by atoms with E-state index < -0.39 is 11.7 Å². The van der Waals surface area contributed by atoms with Crippen LogP contribution in [-0.2, 0) is 6.18 Å². The van der Waals surface area contributed by atoms with Crippen molar-refractivity contribution in [2.75, 3.05) is 5.32 Å². The zero-order chi connectivity index (χ0) is 16.9. The monoisotopic (exact) mass is 327 g/mol. The van der Waals surface area contributed by atoms with Crippen LogP contribution in [0.5, 0.6) is 0 Å². The van der Waals surface area contributed by atoms with Crippen LogP contribution in [0.1, 0.15) is 37.7 Å². The number of alkyl halides is 3. The molecule has 1 aromatic rings. The van der Waals surface area contributed by atoms with Gasteiger partial charge in [0, 0.05) is 5.69 Å². The van der Waals surface area contributed by atoms with Crippen molar-refractivity contribution >= 4 is 17.6 Å². The summed E-state index contributed by atoms with van der Waals surface area (Å²) < 4.78 is 37.4. The lowest BCUT2D eigenvalue weighted by atomic mass is 9.96. The number of rotatable bonds is 2. The number of nitrogens with two attached hydrogens (primary N) is 2. The predicted octanol–water partition coefficient (Wildman–Crippen LogP) is 3.08. The van der Waals surface area contributed by atoms with Crippen molar-refractivity contribution in [2.24, 2.45) is 21.5 Å². The SMILES string of the molecule is NC(=NC1CCCCC1)/N=C(\N)Nc1ccc(C(F)(F)F)cc1. The van der Waals surface area contributed by atoms with Crippen LogP contribution in [0.4, 0.5) is 18.9 Å². The lowest BCUT2D eigenvalue weighted by Crippen LogP contribution is -2.27. The number of anilines is 1. The molecule has 1 saturated carbocycles. The molecule has 0 heterocycles. The fourth-order valence-electron chi connectivity index (χ4n) is 2.47. The molecule has 1 aliphatic carbocycles. The zero-order valence-electron chi connectivity index (χ0n) is 12.6. The second kappa shape index (κ2) is 7.34. The number of aliphatic imine (C=N–C) groups is 2. The van der Waals surface area contributed by atoms with Crippen LogP contribution in [0.2, 0.25) is 0 Å². The topological polar surface area (TPSA) is 88.8 Å². The van der Waals surface area contributed by atoms with E-state index in [0.29, 0.717) is 5.69 Å². The Balaban J connectivity index is 1.97. The van der Waals surface area contributed by atoms with Crippen LogP contribution in [0.3, 0.4) is 0 Å². The molecule has 1 aliphatic rings. The molecule has 5 nitrogen and oxygen atoms in total. The van der Waals surface area contributed by atoms with E-state index in [4.69, 9.17) is 11.5 Å². The third-order valence-electron chi connectivity index (χ3n) is 3.61. The minimum atomic E-state index is -4.37. The molecular weight excluding hydrogens is 307 g/mol. The van der Waals surface area contributed by atoms with Gasteiger partial charge < -0.3 is 16.8 Å². The molecule has 8 heteroatoms. The van der Waals surface area contributed by atoms with Crippen molar-refractivity contribution in [3.8, 4) is 0 Å². The van der Waals surface area contributed by atoms with Gasteiger partial charge in [-0.2, -0.15) is 18.2 Å². The van der Waals surface area contributed by atoms with Crippen LogP contribution >= 0.6 is 0 Å². The van der Waals surface area contributed by atoms with Gasteiger partial charge >= 0.3 is 6.18 Å². The van der Waals surface area contributed by atoms with Gasteiger partial charge in [-0.1, -0.05) is 19.3 Å². The maximum absolute atomic E-state index is 12.5. The highest BCUT2D eigenvalue weighted by Crippen LogP contribution is 2.29. The number of halogens is 3. The second-order valence-corrected chi connectivity index (χ2v) is 5.48. The summed E-state index contributed by atoms with van der Waals surface area (Å²) in [6, 6.07) is 4.66. The third-order valence-corrected chi connectivity index (χ3v) is 3.61. The molecule has 0 aliphatic heterocycles. The van der Waals surface area contributed by atoms with E-state index in [9.17, 15) is 13.2 Å². The van der Waals surface area contributed by atoms with E-state index in [1.165, 1.54) is 18.6 Å². The van der Waals surface area contributed by atoms with Gasteiger partial charge in [-0.05, 0) is 37.1 Å². The standard InChI is InChI=1S/C15H20F3N5/c16-15(17,18)10-6-8-12(9-7-10)22-14(20)23-13(19)21-11-4-2-1-3-5-11/h6-9,11H,1-5H2,(H5,19,20,21,22,23). The summed E-state index contributed by atoms with van der Waals surface area (Å²) in [6.07, 6.45) is 1.09. The first-order chi connectivity index (χ1) is 10.8. The Kier molecular flexibility index (Phi) is 5.46.